The van der Waals surface area contributed by atoms with E-state index < -0.39 is 0 Å². The summed E-state index contributed by atoms with van der Waals surface area (Å²) in [6.07, 6.45) is 4.54. The van der Waals surface area contributed by atoms with E-state index in [4.69, 9.17) is 0 Å². The predicted molar refractivity (Wildman–Crippen MR) is 80.2 cm³/mol. The standard InChI is InChI=1S/C15H31N3O/c1-5-13(6-2)17-15(19)12(4)16-11-14-9-8-10-18(14)7-3/h12-14,16H,5-11H2,1-4H3,(H,17,19). The zero-order valence-corrected chi connectivity index (χ0v) is 13.0. The molecule has 2 unspecified atom stereocenters. The molecule has 1 saturated heterocycles. The van der Waals surface area contributed by atoms with Gasteiger partial charge in [-0.15, -0.1) is 0 Å². The number of amides is 1. The molecule has 0 spiro atoms. The number of nitrogens with one attached hydrogen (secondary N) is 2. The molecule has 1 fully saturated rings. The lowest BCUT2D eigenvalue weighted by atomic mass is 10.1. The Morgan fingerprint density at radius 3 is 2.58 bits per heavy atom. The molecule has 0 aliphatic carbocycles. The van der Waals surface area contributed by atoms with Gasteiger partial charge in [0, 0.05) is 18.6 Å². The molecule has 1 heterocycles. The maximum atomic E-state index is 12.0. The van der Waals surface area contributed by atoms with Crippen molar-refractivity contribution in [1.82, 2.24) is 15.5 Å². The minimum absolute atomic E-state index is 0.0973. The van der Waals surface area contributed by atoms with Gasteiger partial charge >= 0.3 is 0 Å². The van der Waals surface area contributed by atoms with E-state index in [-0.39, 0.29) is 11.9 Å². The van der Waals surface area contributed by atoms with E-state index in [9.17, 15) is 4.79 Å². The summed E-state index contributed by atoms with van der Waals surface area (Å²) in [4.78, 5) is 14.5. The van der Waals surface area contributed by atoms with Crippen molar-refractivity contribution in [2.75, 3.05) is 19.6 Å². The van der Waals surface area contributed by atoms with Crippen molar-refractivity contribution in [3.8, 4) is 0 Å². The summed E-state index contributed by atoms with van der Waals surface area (Å²) in [6, 6.07) is 0.823. The third-order valence-corrected chi connectivity index (χ3v) is 4.29. The Bertz CT molecular complexity index is 266. The second-order valence-electron chi connectivity index (χ2n) is 5.58. The monoisotopic (exact) mass is 269 g/mol. The van der Waals surface area contributed by atoms with Gasteiger partial charge in [0.15, 0.2) is 0 Å². The number of likely N-dealkylation sites (N-methyl/N-ethyl adjacent to an activating group) is 1. The van der Waals surface area contributed by atoms with Crippen LogP contribution in [0.1, 0.15) is 53.4 Å². The summed E-state index contributed by atoms with van der Waals surface area (Å²) in [6.45, 7) is 11.6. The molecule has 4 heteroatoms. The number of hydrogen-bond donors (Lipinski definition) is 2. The minimum atomic E-state index is -0.0973. The lowest BCUT2D eigenvalue weighted by Gasteiger charge is -2.25. The molecule has 0 saturated carbocycles. The topological polar surface area (TPSA) is 44.4 Å². The molecule has 1 aliphatic rings. The van der Waals surface area contributed by atoms with Crippen LogP contribution in [0.25, 0.3) is 0 Å². The average Bonchev–Trinajstić information content (AvgIpc) is 2.89. The molecule has 0 aromatic carbocycles. The van der Waals surface area contributed by atoms with Gasteiger partial charge in [-0.1, -0.05) is 20.8 Å². The third-order valence-electron chi connectivity index (χ3n) is 4.29. The highest BCUT2D eigenvalue weighted by Crippen LogP contribution is 2.15. The molecular weight excluding hydrogens is 238 g/mol. The molecule has 4 nitrogen and oxygen atoms in total. The molecule has 112 valence electrons. The van der Waals surface area contributed by atoms with Gasteiger partial charge < -0.3 is 10.6 Å². The SMILES string of the molecule is CCC(CC)NC(=O)C(C)NCC1CCCN1CC. The molecule has 0 aromatic rings. The van der Waals surface area contributed by atoms with E-state index in [2.05, 4.69) is 36.3 Å². The molecule has 0 radical (unpaired) electrons. The fourth-order valence-corrected chi connectivity index (χ4v) is 2.77. The van der Waals surface area contributed by atoms with Crippen molar-refractivity contribution in [2.24, 2.45) is 0 Å². The van der Waals surface area contributed by atoms with Gasteiger partial charge in [0.05, 0.1) is 6.04 Å². The number of hydrogen-bond acceptors (Lipinski definition) is 3. The third kappa shape index (κ3) is 5.11. The number of carbonyl (C=O) groups excluding carboxylic acids is 1. The Hall–Kier alpha value is -0.610. The van der Waals surface area contributed by atoms with Gasteiger partial charge in [-0.2, -0.15) is 0 Å². The van der Waals surface area contributed by atoms with Crippen LogP contribution in [0.15, 0.2) is 0 Å². The Labute approximate surface area is 118 Å². The Morgan fingerprint density at radius 1 is 1.32 bits per heavy atom. The first-order valence-electron chi connectivity index (χ1n) is 7.90. The fourth-order valence-electron chi connectivity index (χ4n) is 2.77. The second kappa shape index (κ2) is 8.54. The summed E-state index contributed by atoms with van der Waals surface area (Å²) in [5.74, 6) is 0.134. The van der Waals surface area contributed by atoms with E-state index in [1.807, 2.05) is 6.92 Å². The summed E-state index contributed by atoms with van der Waals surface area (Å²) in [5, 5.41) is 6.49. The van der Waals surface area contributed by atoms with E-state index in [1.54, 1.807) is 0 Å². The van der Waals surface area contributed by atoms with Crippen molar-refractivity contribution >= 4 is 5.91 Å². The van der Waals surface area contributed by atoms with Gasteiger partial charge in [0.25, 0.3) is 0 Å². The molecule has 2 atom stereocenters. The first-order valence-corrected chi connectivity index (χ1v) is 7.90. The molecule has 1 rings (SSSR count). The van der Waals surface area contributed by atoms with Crippen molar-refractivity contribution in [3.63, 3.8) is 0 Å². The summed E-state index contributed by atoms with van der Waals surface area (Å²) in [5.41, 5.74) is 0. The fraction of sp³-hybridized carbons (Fsp3) is 0.933. The maximum absolute atomic E-state index is 12.0. The Balaban J connectivity index is 2.30. The molecular formula is C15H31N3O. The van der Waals surface area contributed by atoms with Crippen LogP contribution in [0.5, 0.6) is 0 Å². The van der Waals surface area contributed by atoms with Gasteiger partial charge in [-0.3, -0.25) is 9.69 Å². The normalized spacial score (nSPS) is 21.8. The molecule has 0 aromatic heterocycles. The number of likely N-dealkylation sites (tertiary alicyclic amines) is 1. The highest BCUT2D eigenvalue weighted by molar-refractivity contribution is 5.81. The predicted octanol–water partition coefficient (Wildman–Crippen LogP) is 1.75. The van der Waals surface area contributed by atoms with E-state index in [0.29, 0.717) is 12.1 Å². The highest BCUT2D eigenvalue weighted by Gasteiger charge is 2.24. The van der Waals surface area contributed by atoms with Crippen LogP contribution in [-0.4, -0.2) is 48.6 Å². The quantitative estimate of drug-likeness (QED) is 0.705. The minimum Gasteiger partial charge on any atom is -0.352 e. The van der Waals surface area contributed by atoms with Crippen LogP contribution in [-0.2, 0) is 4.79 Å². The van der Waals surface area contributed by atoms with Crippen LogP contribution in [0.3, 0.4) is 0 Å². The molecule has 19 heavy (non-hydrogen) atoms. The van der Waals surface area contributed by atoms with E-state index in [0.717, 1.165) is 25.9 Å². The summed E-state index contributed by atoms with van der Waals surface area (Å²) in [7, 11) is 0. The summed E-state index contributed by atoms with van der Waals surface area (Å²) >= 11 is 0. The van der Waals surface area contributed by atoms with Crippen LogP contribution in [0.2, 0.25) is 0 Å². The average molecular weight is 269 g/mol. The first-order chi connectivity index (χ1) is 9.12. The van der Waals surface area contributed by atoms with Crippen LogP contribution >= 0.6 is 0 Å². The van der Waals surface area contributed by atoms with Crippen LogP contribution < -0.4 is 10.6 Å². The van der Waals surface area contributed by atoms with E-state index in [1.165, 1.54) is 19.4 Å². The molecule has 1 amide bonds. The lowest BCUT2D eigenvalue weighted by Crippen LogP contribution is -2.49. The second-order valence-corrected chi connectivity index (χ2v) is 5.58. The molecule has 2 N–H and O–H groups in total. The van der Waals surface area contributed by atoms with Crippen molar-refractivity contribution < 1.29 is 4.79 Å². The summed E-state index contributed by atoms with van der Waals surface area (Å²) < 4.78 is 0. The Morgan fingerprint density at radius 2 is 2.00 bits per heavy atom. The molecule has 0 bridgehead atoms. The number of carbonyl (C=O) groups is 1. The Kier molecular flexibility index (Phi) is 7.39. The van der Waals surface area contributed by atoms with E-state index >= 15 is 0 Å². The lowest BCUT2D eigenvalue weighted by molar-refractivity contribution is -0.123. The van der Waals surface area contributed by atoms with Gasteiger partial charge in [-0.25, -0.2) is 0 Å². The number of rotatable bonds is 8. The van der Waals surface area contributed by atoms with Crippen LogP contribution in [0.4, 0.5) is 0 Å². The van der Waals surface area contributed by atoms with Crippen molar-refractivity contribution in [3.05, 3.63) is 0 Å². The van der Waals surface area contributed by atoms with Gasteiger partial charge in [0.1, 0.15) is 0 Å². The smallest absolute Gasteiger partial charge is 0.237 e. The maximum Gasteiger partial charge on any atom is 0.237 e. The van der Waals surface area contributed by atoms with Crippen molar-refractivity contribution in [1.29, 1.82) is 0 Å². The molecule has 1 aliphatic heterocycles. The largest absolute Gasteiger partial charge is 0.352 e. The van der Waals surface area contributed by atoms with Crippen molar-refractivity contribution in [2.45, 2.75) is 71.5 Å². The zero-order chi connectivity index (χ0) is 14.3. The van der Waals surface area contributed by atoms with Gasteiger partial charge in [-0.05, 0) is 45.7 Å². The first kappa shape index (κ1) is 16.4. The van der Waals surface area contributed by atoms with Crippen LogP contribution in [0, 0.1) is 0 Å². The zero-order valence-electron chi connectivity index (χ0n) is 13.0. The highest BCUT2D eigenvalue weighted by atomic mass is 16.2. The number of nitrogens with zero attached hydrogens (tertiary/aromatic N) is 1. The van der Waals surface area contributed by atoms with Gasteiger partial charge in [0.2, 0.25) is 5.91 Å².